The van der Waals surface area contributed by atoms with Gasteiger partial charge in [0.05, 0.1) is 11.8 Å². The van der Waals surface area contributed by atoms with E-state index in [1.807, 2.05) is 14.1 Å². The molecular weight excluding hydrogens is 234 g/mol. The van der Waals surface area contributed by atoms with Crippen LogP contribution in [0.4, 0.5) is 0 Å². The number of carbonyl (C=O) groups is 2. The molecule has 0 heterocycles. The summed E-state index contributed by atoms with van der Waals surface area (Å²) in [5, 5.41) is 2.75. The zero-order chi connectivity index (χ0) is 13.8. The number of ether oxygens (including phenoxy) is 2. The standard InChI is InChI=1S/C11H10O4.C2H7N/c1-2-14-10(12)8-15-11(13)9-6-4-3-5-7-9;1-3-2/h2-7H,1,8H2;3H,1-2H3. The van der Waals surface area contributed by atoms with Crippen LogP contribution in [-0.2, 0) is 14.3 Å². The Labute approximate surface area is 106 Å². The molecule has 1 N–H and O–H groups in total. The Morgan fingerprint density at radius 3 is 2.33 bits per heavy atom. The first-order chi connectivity index (χ1) is 8.65. The van der Waals surface area contributed by atoms with Gasteiger partial charge in [0.15, 0.2) is 6.61 Å². The predicted molar refractivity (Wildman–Crippen MR) is 68.0 cm³/mol. The van der Waals surface area contributed by atoms with Crippen molar-refractivity contribution in [1.29, 1.82) is 0 Å². The molecule has 0 aliphatic rings. The average molecular weight is 251 g/mol. The van der Waals surface area contributed by atoms with Crippen molar-refractivity contribution in [3.05, 3.63) is 48.7 Å². The molecular formula is C13H17NO4. The van der Waals surface area contributed by atoms with Gasteiger partial charge in [-0.05, 0) is 26.2 Å². The molecule has 5 heteroatoms. The van der Waals surface area contributed by atoms with E-state index < -0.39 is 18.5 Å². The van der Waals surface area contributed by atoms with Crippen molar-refractivity contribution in [3.63, 3.8) is 0 Å². The normalized spacial score (nSPS) is 8.56. The Bertz CT molecular complexity index is 376. The fourth-order valence-corrected chi connectivity index (χ4v) is 0.909. The summed E-state index contributed by atoms with van der Waals surface area (Å²) < 4.78 is 9.06. The first kappa shape index (κ1) is 15.9. The van der Waals surface area contributed by atoms with E-state index in [2.05, 4.69) is 21.4 Å². The summed E-state index contributed by atoms with van der Waals surface area (Å²) in [5.74, 6) is -1.22. The first-order valence-electron chi connectivity index (χ1n) is 5.26. The smallest absolute Gasteiger partial charge is 0.349 e. The van der Waals surface area contributed by atoms with Crippen LogP contribution < -0.4 is 5.32 Å². The average Bonchev–Trinajstić information content (AvgIpc) is 2.38. The van der Waals surface area contributed by atoms with Gasteiger partial charge < -0.3 is 14.8 Å². The minimum Gasteiger partial charge on any atom is -0.450 e. The fraction of sp³-hybridized carbons (Fsp3) is 0.231. The Morgan fingerprint density at radius 2 is 1.83 bits per heavy atom. The number of rotatable bonds is 4. The van der Waals surface area contributed by atoms with E-state index in [9.17, 15) is 9.59 Å². The summed E-state index contributed by atoms with van der Waals surface area (Å²) in [6.45, 7) is 2.79. The summed E-state index contributed by atoms with van der Waals surface area (Å²) >= 11 is 0. The van der Waals surface area contributed by atoms with E-state index >= 15 is 0 Å². The summed E-state index contributed by atoms with van der Waals surface area (Å²) in [6.07, 6.45) is 0.985. The molecule has 5 nitrogen and oxygen atoms in total. The lowest BCUT2D eigenvalue weighted by Gasteiger charge is -2.02. The van der Waals surface area contributed by atoms with E-state index in [1.165, 1.54) is 0 Å². The van der Waals surface area contributed by atoms with E-state index in [0.717, 1.165) is 6.26 Å². The molecule has 0 aliphatic heterocycles. The number of hydrogen-bond acceptors (Lipinski definition) is 5. The molecule has 0 atom stereocenters. The number of esters is 2. The van der Waals surface area contributed by atoms with Gasteiger partial charge >= 0.3 is 11.9 Å². The van der Waals surface area contributed by atoms with Gasteiger partial charge in [0, 0.05) is 0 Å². The number of hydrogen-bond donors (Lipinski definition) is 1. The summed E-state index contributed by atoms with van der Waals surface area (Å²) in [4.78, 5) is 22.1. The van der Waals surface area contributed by atoms with Crippen LogP contribution in [0.25, 0.3) is 0 Å². The molecule has 18 heavy (non-hydrogen) atoms. The zero-order valence-corrected chi connectivity index (χ0v) is 10.5. The molecule has 0 saturated carbocycles. The van der Waals surface area contributed by atoms with Crippen LogP contribution in [0.3, 0.4) is 0 Å². The van der Waals surface area contributed by atoms with Crippen molar-refractivity contribution in [1.82, 2.24) is 5.32 Å². The molecule has 0 radical (unpaired) electrons. The predicted octanol–water partition coefficient (Wildman–Crippen LogP) is 1.37. The van der Waals surface area contributed by atoms with Crippen molar-refractivity contribution in [3.8, 4) is 0 Å². The van der Waals surface area contributed by atoms with Crippen LogP contribution in [-0.4, -0.2) is 32.6 Å². The van der Waals surface area contributed by atoms with Gasteiger partial charge in [-0.1, -0.05) is 24.8 Å². The van der Waals surface area contributed by atoms with Crippen LogP contribution in [0.2, 0.25) is 0 Å². The molecule has 0 amide bonds. The van der Waals surface area contributed by atoms with Gasteiger partial charge in [0.25, 0.3) is 0 Å². The molecule has 0 aliphatic carbocycles. The highest BCUT2D eigenvalue weighted by molar-refractivity contribution is 5.90. The van der Waals surface area contributed by atoms with Crippen LogP contribution in [0.1, 0.15) is 10.4 Å². The van der Waals surface area contributed by atoms with Gasteiger partial charge in [-0.3, -0.25) is 0 Å². The third kappa shape index (κ3) is 7.19. The molecule has 0 saturated heterocycles. The fourth-order valence-electron chi connectivity index (χ4n) is 0.909. The van der Waals surface area contributed by atoms with E-state index in [-0.39, 0.29) is 0 Å². The van der Waals surface area contributed by atoms with Gasteiger partial charge in [0.2, 0.25) is 0 Å². The van der Waals surface area contributed by atoms with Crippen molar-refractivity contribution in [2.45, 2.75) is 0 Å². The van der Waals surface area contributed by atoms with E-state index in [4.69, 9.17) is 0 Å². The van der Waals surface area contributed by atoms with Crippen LogP contribution in [0, 0.1) is 0 Å². The van der Waals surface area contributed by atoms with E-state index in [0.29, 0.717) is 5.56 Å². The molecule has 98 valence electrons. The molecule has 0 spiro atoms. The third-order valence-corrected chi connectivity index (χ3v) is 1.55. The van der Waals surface area contributed by atoms with Crippen molar-refractivity contribution in [2.75, 3.05) is 20.7 Å². The second-order valence-electron chi connectivity index (χ2n) is 3.10. The highest BCUT2D eigenvalue weighted by atomic mass is 16.6. The summed E-state index contributed by atoms with van der Waals surface area (Å²) in [6, 6.07) is 8.39. The minimum atomic E-state index is -0.658. The highest BCUT2D eigenvalue weighted by Gasteiger charge is 2.09. The lowest BCUT2D eigenvalue weighted by atomic mass is 10.2. The second-order valence-corrected chi connectivity index (χ2v) is 3.10. The maximum atomic E-state index is 11.3. The zero-order valence-electron chi connectivity index (χ0n) is 10.5. The monoisotopic (exact) mass is 251 g/mol. The molecule has 0 bridgehead atoms. The lowest BCUT2D eigenvalue weighted by Crippen LogP contribution is -2.14. The molecule has 1 aromatic rings. The maximum Gasteiger partial charge on any atom is 0.349 e. The van der Waals surface area contributed by atoms with Crippen LogP contribution in [0.15, 0.2) is 43.2 Å². The van der Waals surface area contributed by atoms with E-state index in [1.54, 1.807) is 30.3 Å². The Morgan fingerprint density at radius 1 is 1.28 bits per heavy atom. The van der Waals surface area contributed by atoms with Gasteiger partial charge in [-0.2, -0.15) is 0 Å². The summed E-state index contributed by atoms with van der Waals surface area (Å²) in [5.41, 5.74) is 0.393. The quantitative estimate of drug-likeness (QED) is 0.646. The molecule has 0 fully saturated rings. The van der Waals surface area contributed by atoms with Gasteiger partial charge in [-0.15, -0.1) is 0 Å². The number of nitrogens with one attached hydrogen (secondary N) is 1. The first-order valence-corrected chi connectivity index (χ1v) is 5.26. The van der Waals surface area contributed by atoms with Crippen LogP contribution in [0.5, 0.6) is 0 Å². The highest BCUT2D eigenvalue weighted by Crippen LogP contribution is 2.00. The minimum absolute atomic E-state index is 0.393. The Kier molecular flexibility index (Phi) is 8.85. The Hall–Kier alpha value is -2.14. The topological polar surface area (TPSA) is 64.6 Å². The number of carbonyl (C=O) groups excluding carboxylic acids is 2. The molecule has 1 rings (SSSR count). The Balaban J connectivity index is 0.000000873. The van der Waals surface area contributed by atoms with Gasteiger partial charge in [-0.25, -0.2) is 9.59 Å². The van der Waals surface area contributed by atoms with Crippen molar-refractivity contribution < 1.29 is 19.1 Å². The largest absolute Gasteiger partial charge is 0.450 e. The SMILES string of the molecule is C=COC(=O)COC(=O)c1ccccc1.CNC. The molecule has 0 aromatic heterocycles. The number of benzene rings is 1. The van der Waals surface area contributed by atoms with Crippen LogP contribution >= 0.6 is 0 Å². The molecule has 0 unspecified atom stereocenters. The second kappa shape index (κ2) is 10.0. The molecule has 1 aromatic carbocycles. The lowest BCUT2D eigenvalue weighted by molar-refractivity contribution is -0.141. The third-order valence-electron chi connectivity index (χ3n) is 1.55. The van der Waals surface area contributed by atoms with Crippen molar-refractivity contribution in [2.24, 2.45) is 0 Å². The van der Waals surface area contributed by atoms with Gasteiger partial charge in [0.1, 0.15) is 0 Å². The van der Waals surface area contributed by atoms with Crippen molar-refractivity contribution >= 4 is 11.9 Å². The summed E-state index contributed by atoms with van der Waals surface area (Å²) in [7, 11) is 3.75. The maximum absolute atomic E-state index is 11.3.